The number of hydrogen-bond acceptors (Lipinski definition) is 5. The zero-order valence-electron chi connectivity index (χ0n) is 17.8. The van der Waals surface area contributed by atoms with Crippen LogP contribution in [0, 0.1) is 0 Å². The van der Waals surface area contributed by atoms with Crippen molar-refractivity contribution < 1.29 is 18.0 Å². The van der Waals surface area contributed by atoms with Crippen molar-refractivity contribution in [3.8, 4) is 10.6 Å². The van der Waals surface area contributed by atoms with E-state index in [2.05, 4.69) is 15.3 Å². The Balaban J connectivity index is 1.31. The molecule has 9 heteroatoms. The first-order valence-corrected chi connectivity index (χ1v) is 11.5. The molecule has 5 rings (SSSR count). The Hall–Kier alpha value is -3.72. The van der Waals surface area contributed by atoms with E-state index in [-0.39, 0.29) is 5.91 Å². The molecule has 0 bridgehead atoms. The number of aromatic nitrogens is 2. The second-order valence-corrected chi connectivity index (χ2v) is 8.76. The number of thiazole rings is 1. The average Bonchev–Trinajstić information content (AvgIpc) is 3.34. The summed E-state index contributed by atoms with van der Waals surface area (Å²) in [4.78, 5) is 23.5. The van der Waals surface area contributed by atoms with Crippen molar-refractivity contribution in [2.75, 3.05) is 11.9 Å². The van der Waals surface area contributed by atoms with E-state index in [0.717, 1.165) is 39.5 Å². The smallest absolute Gasteiger partial charge is 0.355 e. The van der Waals surface area contributed by atoms with Gasteiger partial charge in [-0.25, -0.2) is 4.98 Å². The summed E-state index contributed by atoms with van der Waals surface area (Å²) >= 11 is 1.41. The maximum atomic E-state index is 13.1. The number of anilines is 2. The van der Waals surface area contributed by atoms with E-state index in [1.54, 1.807) is 22.7 Å². The molecule has 5 nitrogen and oxygen atoms in total. The van der Waals surface area contributed by atoms with Crippen LogP contribution in [0.3, 0.4) is 0 Å². The second kappa shape index (κ2) is 8.90. The standard InChI is InChI=1S/C25H19F3N4OS/c26-25(27,28)18-6-8-19(9-7-18)30-21-5-1-3-17-14-32(12-10-20(17)21)24(33)22-15-34-23(31-22)16-4-2-11-29-13-16/h1-9,11,13,15,30H,10,12,14H2. The van der Waals surface area contributed by atoms with Crippen LogP contribution in [-0.2, 0) is 19.1 Å². The van der Waals surface area contributed by atoms with Gasteiger partial charge in [0.15, 0.2) is 0 Å². The number of pyridine rings is 1. The summed E-state index contributed by atoms with van der Waals surface area (Å²) < 4.78 is 38.5. The van der Waals surface area contributed by atoms with Gasteiger partial charge in [0.1, 0.15) is 10.7 Å². The molecule has 2 aromatic heterocycles. The molecule has 2 aromatic carbocycles. The van der Waals surface area contributed by atoms with Crippen LogP contribution in [0.4, 0.5) is 24.5 Å². The lowest BCUT2D eigenvalue weighted by Crippen LogP contribution is -2.36. The fraction of sp³-hybridized carbons (Fsp3) is 0.160. The molecule has 0 atom stereocenters. The first kappa shape index (κ1) is 22.1. The predicted molar refractivity (Wildman–Crippen MR) is 125 cm³/mol. The number of nitrogens with zero attached hydrogens (tertiary/aromatic N) is 3. The Labute approximate surface area is 197 Å². The highest BCUT2D eigenvalue weighted by Gasteiger charge is 2.30. The number of carbonyl (C=O) groups is 1. The van der Waals surface area contributed by atoms with Gasteiger partial charge in [-0.1, -0.05) is 12.1 Å². The summed E-state index contributed by atoms with van der Waals surface area (Å²) in [6.07, 6.45) is -0.328. The SMILES string of the molecule is O=C(c1csc(-c2cccnc2)n1)N1CCc2c(cccc2Nc2ccc(C(F)(F)F)cc2)C1. The van der Waals surface area contributed by atoms with Gasteiger partial charge in [0, 0.05) is 47.8 Å². The lowest BCUT2D eigenvalue weighted by atomic mass is 9.97. The van der Waals surface area contributed by atoms with Crippen LogP contribution in [0.15, 0.2) is 72.4 Å². The number of carbonyl (C=O) groups excluding carboxylic acids is 1. The molecule has 0 fully saturated rings. The fourth-order valence-corrected chi connectivity index (χ4v) is 4.74. The van der Waals surface area contributed by atoms with Gasteiger partial charge in [0.2, 0.25) is 0 Å². The van der Waals surface area contributed by atoms with Gasteiger partial charge in [-0.15, -0.1) is 11.3 Å². The average molecular weight is 481 g/mol. The number of alkyl halides is 3. The first-order chi connectivity index (χ1) is 16.4. The van der Waals surface area contributed by atoms with Gasteiger partial charge in [0.05, 0.1) is 5.56 Å². The summed E-state index contributed by atoms with van der Waals surface area (Å²) in [6.45, 7) is 0.966. The third-order valence-electron chi connectivity index (χ3n) is 5.68. The Morgan fingerprint density at radius 3 is 2.62 bits per heavy atom. The van der Waals surface area contributed by atoms with E-state index in [1.165, 1.54) is 23.5 Å². The zero-order chi connectivity index (χ0) is 23.7. The number of nitrogens with one attached hydrogen (secondary N) is 1. The summed E-state index contributed by atoms with van der Waals surface area (Å²) in [6, 6.07) is 14.4. The van der Waals surface area contributed by atoms with Crippen LogP contribution in [-0.4, -0.2) is 27.3 Å². The molecule has 0 radical (unpaired) electrons. The molecule has 172 valence electrons. The predicted octanol–water partition coefficient (Wildman–Crippen LogP) is 6.17. The topological polar surface area (TPSA) is 58.1 Å². The number of hydrogen-bond donors (Lipinski definition) is 1. The minimum absolute atomic E-state index is 0.127. The minimum Gasteiger partial charge on any atom is -0.355 e. The third kappa shape index (κ3) is 4.51. The molecule has 1 aliphatic rings. The quantitative estimate of drug-likeness (QED) is 0.380. The van der Waals surface area contributed by atoms with Crippen molar-refractivity contribution >= 4 is 28.6 Å². The van der Waals surface area contributed by atoms with Crippen molar-refractivity contribution in [1.82, 2.24) is 14.9 Å². The van der Waals surface area contributed by atoms with Crippen molar-refractivity contribution in [2.45, 2.75) is 19.1 Å². The number of amides is 1. The van der Waals surface area contributed by atoms with Crippen molar-refractivity contribution in [3.05, 3.63) is 94.8 Å². The van der Waals surface area contributed by atoms with Gasteiger partial charge in [0.25, 0.3) is 5.91 Å². The molecular weight excluding hydrogens is 461 g/mol. The van der Waals surface area contributed by atoms with Crippen LogP contribution in [0.5, 0.6) is 0 Å². The highest BCUT2D eigenvalue weighted by Crippen LogP contribution is 2.33. The molecule has 0 aliphatic carbocycles. The van der Waals surface area contributed by atoms with Crippen molar-refractivity contribution in [1.29, 1.82) is 0 Å². The van der Waals surface area contributed by atoms with E-state index in [1.807, 2.05) is 30.3 Å². The first-order valence-electron chi connectivity index (χ1n) is 10.6. The zero-order valence-corrected chi connectivity index (χ0v) is 18.7. The molecular formula is C25H19F3N4OS. The summed E-state index contributed by atoms with van der Waals surface area (Å²) in [5.74, 6) is -0.127. The summed E-state index contributed by atoms with van der Waals surface area (Å²) in [5, 5.41) is 5.73. The van der Waals surface area contributed by atoms with Gasteiger partial charge in [-0.3, -0.25) is 9.78 Å². The van der Waals surface area contributed by atoms with Crippen LogP contribution in [0.2, 0.25) is 0 Å². The second-order valence-electron chi connectivity index (χ2n) is 7.90. The van der Waals surface area contributed by atoms with Crippen molar-refractivity contribution in [2.24, 2.45) is 0 Å². The number of benzene rings is 2. The molecule has 1 amide bonds. The van der Waals surface area contributed by atoms with E-state index in [4.69, 9.17) is 0 Å². The van der Waals surface area contributed by atoms with Gasteiger partial charge >= 0.3 is 6.18 Å². The highest BCUT2D eigenvalue weighted by molar-refractivity contribution is 7.13. The van der Waals surface area contributed by atoms with Gasteiger partial charge in [-0.2, -0.15) is 13.2 Å². The summed E-state index contributed by atoms with van der Waals surface area (Å²) in [5.41, 5.74) is 4.05. The van der Waals surface area contributed by atoms with Crippen LogP contribution < -0.4 is 5.32 Å². The molecule has 4 aromatic rings. The number of halogens is 3. The van der Waals surface area contributed by atoms with Gasteiger partial charge in [-0.05, 0) is 60.0 Å². The monoisotopic (exact) mass is 480 g/mol. The molecule has 3 heterocycles. The Bertz CT molecular complexity index is 1320. The highest BCUT2D eigenvalue weighted by atomic mass is 32.1. The molecule has 1 N–H and O–H groups in total. The molecule has 0 unspecified atom stereocenters. The van der Waals surface area contributed by atoms with Crippen LogP contribution in [0.1, 0.15) is 27.2 Å². The lowest BCUT2D eigenvalue weighted by molar-refractivity contribution is -0.137. The Morgan fingerprint density at radius 1 is 1.06 bits per heavy atom. The Morgan fingerprint density at radius 2 is 1.88 bits per heavy atom. The van der Waals surface area contributed by atoms with Crippen molar-refractivity contribution in [3.63, 3.8) is 0 Å². The molecule has 34 heavy (non-hydrogen) atoms. The molecule has 0 saturated heterocycles. The number of fused-ring (bicyclic) bond motifs is 1. The number of rotatable bonds is 4. The largest absolute Gasteiger partial charge is 0.416 e. The Kier molecular flexibility index (Phi) is 5.79. The molecule has 1 aliphatic heterocycles. The lowest BCUT2D eigenvalue weighted by Gasteiger charge is -2.30. The van der Waals surface area contributed by atoms with E-state index >= 15 is 0 Å². The molecule has 0 saturated carbocycles. The maximum Gasteiger partial charge on any atom is 0.416 e. The van der Waals surface area contributed by atoms with E-state index in [9.17, 15) is 18.0 Å². The normalized spacial score (nSPS) is 13.4. The van der Waals surface area contributed by atoms with Gasteiger partial charge < -0.3 is 10.2 Å². The van der Waals surface area contributed by atoms with E-state index in [0.29, 0.717) is 30.9 Å². The molecule has 0 spiro atoms. The third-order valence-corrected chi connectivity index (χ3v) is 6.57. The minimum atomic E-state index is -4.36. The van der Waals surface area contributed by atoms with E-state index < -0.39 is 11.7 Å². The fourth-order valence-electron chi connectivity index (χ4n) is 3.95. The van der Waals surface area contributed by atoms with Crippen LogP contribution in [0.25, 0.3) is 10.6 Å². The maximum absolute atomic E-state index is 13.1. The van der Waals surface area contributed by atoms with Crippen LogP contribution >= 0.6 is 11.3 Å². The summed E-state index contributed by atoms with van der Waals surface area (Å²) in [7, 11) is 0.